The number of carbonyl (C=O) groups excluding carboxylic acids is 1. The molecular formula is C17H13F3N2O3. The lowest BCUT2D eigenvalue weighted by Crippen LogP contribution is -2.48. The Morgan fingerprint density at radius 3 is 2.36 bits per heavy atom. The Balaban J connectivity index is 1.91. The van der Waals surface area contributed by atoms with Crippen LogP contribution in [0.25, 0.3) is 0 Å². The third-order valence-corrected chi connectivity index (χ3v) is 4.10. The molecule has 1 unspecified atom stereocenters. The van der Waals surface area contributed by atoms with E-state index in [1.807, 2.05) is 0 Å². The molecule has 2 heterocycles. The van der Waals surface area contributed by atoms with E-state index in [2.05, 4.69) is 4.98 Å². The van der Waals surface area contributed by atoms with Gasteiger partial charge in [-0.25, -0.2) is 4.79 Å². The summed E-state index contributed by atoms with van der Waals surface area (Å²) in [5.41, 5.74) is 0.458. The van der Waals surface area contributed by atoms with E-state index in [-0.39, 0.29) is 18.5 Å². The number of fused-ring (bicyclic) bond motifs is 1. The molecule has 0 spiro atoms. The second-order valence-electron chi connectivity index (χ2n) is 5.69. The van der Waals surface area contributed by atoms with Gasteiger partial charge in [0, 0.05) is 19.2 Å². The maximum absolute atomic E-state index is 12.6. The number of hydrogen-bond donors (Lipinski definition) is 1. The topological polar surface area (TPSA) is 70.5 Å². The Labute approximate surface area is 140 Å². The molecule has 25 heavy (non-hydrogen) atoms. The molecule has 130 valence electrons. The van der Waals surface area contributed by atoms with Gasteiger partial charge in [0.05, 0.1) is 5.56 Å². The van der Waals surface area contributed by atoms with E-state index in [4.69, 9.17) is 0 Å². The summed E-state index contributed by atoms with van der Waals surface area (Å²) in [5, 5.41) is 9.42. The summed E-state index contributed by atoms with van der Waals surface area (Å²) in [5.74, 6) is -1.83. The van der Waals surface area contributed by atoms with Crippen LogP contribution >= 0.6 is 0 Å². The maximum Gasteiger partial charge on any atom is 0.433 e. The molecule has 1 aromatic carbocycles. The number of aromatic nitrogens is 1. The van der Waals surface area contributed by atoms with Crippen molar-refractivity contribution in [3.05, 3.63) is 65.0 Å². The highest BCUT2D eigenvalue weighted by Gasteiger charge is 2.36. The van der Waals surface area contributed by atoms with Crippen LogP contribution in [0.1, 0.15) is 27.2 Å². The van der Waals surface area contributed by atoms with Crippen LogP contribution in [0.5, 0.6) is 0 Å². The highest BCUT2D eigenvalue weighted by atomic mass is 19.4. The Morgan fingerprint density at radius 1 is 1.12 bits per heavy atom. The number of rotatable bonds is 2. The number of benzene rings is 1. The van der Waals surface area contributed by atoms with E-state index < -0.39 is 29.8 Å². The molecular weight excluding hydrogens is 337 g/mol. The second kappa shape index (κ2) is 6.19. The fraction of sp³-hybridized carbons (Fsp3) is 0.235. The van der Waals surface area contributed by atoms with Crippen LogP contribution in [0.4, 0.5) is 13.2 Å². The van der Waals surface area contributed by atoms with E-state index in [0.29, 0.717) is 6.07 Å². The van der Waals surface area contributed by atoms with Gasteiger partial charge < -0.3 is 10.0 Å². The minimum absolute atomic E-state index is 0.0764. The molecule has 5 nitrogen and oxygen atoms in total. The van der Waals surface area contributed by atoms with Gasteiger partial charge in [-0.05, 0) is 23.3 Å². The highest BCUT2D eigenvalue weighted by Crippen LogP contribution is 2.28. The van der Waals surface area contributed by atoms with E-state index in [1.165, 1.54) is 0 Å². The van der Waals surface area contributed by atoms with Crippen LogP contribution in [-0.4, -0.2) is 32.9 Å². The Kier molecular flexibility index (Phi) is 4.20. The maximum atomic E-state index is 12.6. The van der Waals surface area contributed by atoms with Crippen LogP contribution in [0.15, 0.2) is 42.6 Å². The highest BCUT2D eigenvalue weighted by molar-refractivity contribution is 5.96. The predicted molar refractivity (Wildman–Crippen MR) is 80.7 cm³/mol. The number of hydrogen-bond acceptors (Lipinski definition) is 3. The van der Waals surface area contributed by atoms with Gasteiger partial charge >= 0.3 is 12.1 Å². The smallest absolute Gasteiger partial charge is 0.433 e. The molecule has 0 saturated heterocycles. The molecule has 0 radical (unpaired) electrons. The number of aliphatic carboxylic acids is 1. The minimum atomic E-state index is -4.60. The van der Waals surface area contributed by atoms with E-state index in [1.54, 1.807) is 24.3 Å². The number of halogens is 3. The fourth-order valence-electron chi connectivity index (χ4n) is 2.81. The van der Waals surface area contributed by atoms with Gasteiger partial charge in [-0.3, -0.25) is 9.78 Å². The number of carboxylic acid groups (broad SMARTS) is 1. The van der Waals surface area contributed by atoms with Gasteiger partial charge in [0.25, 0.3) is 5.91 Å². The van der Waals surface area contributed by atoms with Crippen LogP contribution in [-0.2, 0) is 23.9 Å². The SMILES string of the molecule is O=C(O)C1Cc2ccccc2CN1C(=O)c1ccc(C(F)(F)F)nc1. The van der Waals surface area contributed by atoms with Gasteiger partial charge in [0.15, 0.2) is 0 Å². The van der Waals surface area contributed by atoms with Crippen molar-refractivity contribution >= 4 is 11.9 Å². The standard InChI is InChI=1S/C17H13F3N2O3/c18-17(19,20)14-6-5-11(8-21-14)15(23)22-9-12-4-2-1-3-10(12)7-13(22)16(24)25/h1-6,8,13H,7,9H2,(H,24,25). The number of carbonyl (C=O) groups is 2. The molecule has 1 aliphatic rings. The van der Waals surface area contributed by atoms with Crippen LogP contribution in [0.3, 0.4) is 0 Å². The van der Waals surface area contributed by atoms with Crippen LogP contribution < -0.4 is 0 Å². The number of carboxylic acids is 1. The van der Waals surface area contributed by atoms with Crippen molar-refractivity contribution in [1.29, 1.82) is 0 Å². The minimum Gasteiger partial charge on any atom is -0.480 e. The Bertz CT molecular complexity index is 819. The molecule has 0 bridgehead atoms. The van der Waals surface area contributed by atoms with E-state index in [9.17, 15) is 27.9 Å². The molecule has 1 atom stereocenters. The first kappa shape index (κ1) is 16.9. The van der Waals surface area contributed by atoms with Crippen molar-refractivity contribution in [2.24, 2.45) is 0 Å². The lowest BCUT2D eigenvalue weighted by atomic mass is 9.93. The second-order valence-corrected chi connectivity index (χ2v) is 5.69. The van der Waals surface area contributed by atoms with Crippen molar-refractivity contribution in [3.8, 4) is 0 Å². The lowest BCUT2D eigenvalue weighted by Gasteiger charge is -2.34. The summed E-state index contributed by atoms with van der Waals surface area (Å²) in [6.07, 6.45) is -3.63. The summed E-state index contributed by atoms with van der Waals surface area (Å²) in [6.45, 7) is 0.0764. The summed E-state index contributed by atoms with van der Waals surface area (Å²) in [4.78, 5) is 28.6. The quantitative estimate of drug-likeness (QED) is 0.904. The molecule has 1 N–H and O–H groups in total. The zero-order valence-corrected chi connectivity index (χ0v) is 12.8. The molecule has 1 amide bonds. The normalized spacial score (nSPS) is 17.1. The summed E-state index contributed by atoms with van der Waals surface area (Å²) >= 11 is 0. The first-order valence-electron chi connectivity index (χ1n) is 7.41. The predicted octanol–water partition coefficient (Wildman–Crippen LogP) is 2.75. The molecule has 3 rings (SSSR count). The van der Waals surface area contributed by atoms with Crippen molar-refractivity contribution in [1.82, 2.24) is 9.88 Å². The first-order chi connectivity index (χ1) is 11.8. The molecule has 1 aromatic heterocycles. The van der Waals surface area contributed by atoms with Gasteiger partial charge in [-0.1, -0.05) is 24.3 Å². The summed E-state index contributed by atoms with van der Waals surface area (Å²) in [7, 11) is 0. The van der Waals surface area contributed by atoms with Crippen molar-refractivity contribution in [2.75, 3.05) is 0 Å². The zero-order chi connectivity index (χ0) is 18.2. The monoisotopic (exact) mass is 350 g/mol. The number of pyridine rings is 1. The largest absolute Gasteiger partial charge is 0.480 e. The van der Waals surface area contributed by atoms with Gasteiger partial charge in [0.1, 0.15) is 11.7 Å². The van der Waals surface area contributed by atoms with Gasteiger partial charge in [-0.2, -0.15) is 13.2 Å². The first-order valence-corrected chi connectivity index (χ1v) is 7.41. The number of nitrogens with zero attached hydrogens (tertiary/aromatic N) is 2. The van der Waals surface area contributed by atoms with Gasteiger partial charge in [0.2, 0.25) is 0 Å². The van der Waals surface area contributed by atoms with Gasteiger partial charge in [-0.15, -0.1) is 0 Å². The van der Waals surface area contributed by atoms with Crippen molar-refractivity contribution in [2.45, 2.75) is 25.2 Å². The molecule has 1 aliphatic heterocycles. The lowest BCUT2D eigenvalue weighted by molar-refractivity contribution is -0.143. The van der Waals surface area contributed by atoms with E-state index in [0.717, 1.165) is 28.3 Å². The average molecular weight is 350 g/mol. The van der Waals surface area contributed by atoms with E-state index >= 15 is 0 Å². The molecule has 0 aliphatic carbocycles. The van der Waals surface area contributed by atoms with Crippen molar-refractivity contribution in [3.63, 3.8) is 0 Å². The third kappa shape index (κ3) is 3.33. The van der Waals surface area contributed by atoms with Crippen molar-refractivity contribution < 1.29 is 27.9 Å². The molecule has 0 saturated carbocycles. The molecule has 0 fully saturated rings. The third-order valence-electron chi connectivity index (χ3n) is 4.10. The molecule has 8 heteroatoms. The Hall–Kier alpha value is -2.90. The fourth-order valence-corrected chi connectivity index (χ4v) is 2.81. The van der Waals surface area contributed by atoms with Crippen LogP contribution in [0.2, 0.25) is 0 Å². The number of alkyl halides is 3. The number of amides is 1. The molecule has 2 aromatic rings. The average Bonchev–Trinajstić information content (AvgIpc) is 2.59. The Morgan fingerprint density at radius 2 is 1.80 bits per heavy atom. The summed E-state index contributed by atoms with van der Waals surface area (Å²) < 4.78 is 37.7. The van der Waals surface area contributed by atoms with Crippen LogP contribution in [0, 0.1) is 0 Å². The zero-order valence-electron chi connectivity index (χ0n) is 12.8. The summed E-state index contributed by atoms with van der Waals surface area (Å²) in [6, 6.07) is 7.80.